The Hall–Kier alpha value is -1.81. The van der Waals surface area contributed by atoms with Crippen LogP contribution >= 0.6 is 24.0 Å². The summed E-state index contributed by atoms with van der Waals surface area (Å²) in [5, 5.41) is 6.32. The molecule has 0 amide bonds. The molecule has 0 atom stereocenters. The smallest absolute Gasteiger partial charge is 0.191 e. The van der Waals surface area contributed by atoms with Gasteiger partial charge in [0.05, 0.1) is 12.8 Å². The Labute approximate surface area is 170 Å². The highest BCUT2D eigenvalue weighted by atomic mass is 127. The summed E-state index contributed by atoms with van der Waals surface area (Å²) in [6.07, 6.45) is 2.48. The Morgan fingerprint density at radius 1 is 1.15 bits per heavy atom. The van der Waals surface area contributed by atoms with E-state index in [1.165, 1.54) is 12.1 Å². The summed E-state index contributed by atoms with van der Waals surface area (Å²) in [5.41, 5.74) is 0. The molecule has 0 radical (unpaired) electrons. The molecule has 2 N–H and O–H groups in total. The first-order valence-corrected chi connectivity index (χ1v) is 8.21. The predicted octanol–water partition coefficient (Wildman–Crippen LogP) is 3.19. The van der Waals surface area contributed by atoms with E-state index in [4.69, 9.17) is 13.9 Å². The molecule has 0 fully saturated rings. The van der Waals surface area contributed by atoms with Crippen molar-refractivity contribution >= 4 is 29.9 Å². The molecule has 0 aliphatic heterocycles. The molecule has 0 saturated heterocycles. The van der Waals surface area contributed by atoms with Crippen LogP contribution in [0.15, 0.2) is 52.1 Å². The molecule has 6 nitrogen and oxygen atoms in total. The SMILES string of the molecule is CN=C(NCCCOCc1ccco1)NCCOc1cccc(F)c1.I. The van der Waals surface area contributed by atoms with Gasteiger partial charge in [-0.05, 0) is 30.7 Å². The quantitative estimate of drug-likeness (QED) is 0.238. The fourth-order valence-electron chi connectivity index (χ4n) is 2.06. The lowest BCUT2D eigenvalue weighted by Gasteiger charge is -2.12. The van der Waals surface area contributed by atoms with Crippen molar-refractivity contribution in [1.82, 2.24) is 10.6 Å². The maximum atomic E-state index is 13.0. The van der Waals surface area contributed by atoms with Crippen molar-refractivity contribution in [3.63, 3.8) is 0 Å². The maximum Gasteiger partial charge on any atom is 0.191 e. The van der Waals surface area contributed by atoms with E-state index in [0.29, 0.717) is 38.1 Å². The Kier molecular flexibility index (Phi) is 11.5. The first kappa shape index (κ1) is 22.2. The number of nitrogens with one attached hydrogen (secondary N) is 2. The van der Waals surface area contributed by atoms with Gasteiger partial charge in [-0.15, -0.1) is 24.0 Å². The lowest BCUT2D eigenvalue weighted by Crippen LogP contribution is -2.39. The summed E-state index contributed by atoms with van der Waals surface area (Å²) in [4.78, 5) is 4.13. The molecule has 8 heteroatoms. The normalized spacial score (nSPS) is 10.9. The molecule has 0 saturated carbocycles. The Morgan fingerprint density at radius 3 is 2.73 bits per heavy atom. The summed E-state index contributed by atoms with van der Waals surface area (Å²) < 4.78 is 29.2. The van der Waals surface area contributed by atoms with Crippen LogP contribution in [0.3, 0.4) is 0 Å². The van der Waals surface area contributed by atoms with E-state index in [9.17, 15) is 4.39 Å². The summed E-state index contributed by atoms with van der Waals surface area (Å²) in [7, 11) is 1.70. The standard InChI is InChI=1S/C18H24FN3O3.HI/c1-20-18(21-8-4-10-23-14-17-7-3-11-24-17)22-9-12-25-16-6-2-5-15(19)13-16;/h2-3,5-7,11,13H,4,8-10,12,14H2,1H3,(H2,20,21,22);1H. The molecule has 1 aromatic carbocycles. The van der Waals surface area contributed by atoms with Gasteiger partial charge in [0, 0.05) is 26.3 Å². The second-order valence-electron chi connectivity index (χ2n) is 5.22. The van der Waals surface area contributed by atoms with Crippen LogP contribution in [0.25, 0.3) is 0 Å². The molecule has 1 aromatic heterocycles. The van der Waals surface area contributed by atoms with Gasteiger partial charge in [-0.2, -0.15) is 0 Å². The zero-order valence-electron chi connectivity index (χ0n) is 14.7. The molecule has 2 rings (SSSR count). The summed E-state index contributed by atoms with van der Waals surface area (Å²) in [5.74, 6) is 1.72. The van der Waals surface area contributed by atoms with Crippen molar-refractivity contribution in [2.45, 2.75) is 13.0 Å². The number of rotatable bonds is 10. The number of aliphatic imine (C=N–C) groups is 1. The van der Waals surface area contributed by atoms with Crippen molar-refractivity contribution in [3.8, 4) is 5.75 Å². The Morgan fingerprint density at radius 2 is 2.00 bits per heavy atom. The molecule has 144 valence electrons. The highest BCUT2D eigenvalue weighted by Crippen LogP contribution is 2.11. The third-order valence-corrected chi connectivity index (χ3v) is 3.27. The number of hydrogen-bond acceptors (Lipinski definition) is 4. The van der Waals surface area contributed by atoms with Crippen molar-refractivity contribution < 1.29 is 18.3 Å². The van der Waals surface area contributed by atoms with Gasteiger partial charge in [0.25, 0.3) is 0 Å². The van der Waals surface area contributed by atoms with Crippen LogP contribution < -0.4 is 15.4 Å². The van der Waals surface area contributed by atoms with Crippen LogP contribution in [-0.2, 0) is 11.3 Å². The van der Waals surface area contributed by atoms with E-state index < -0.39 is 0 Å². The monoisotopic (exact) mass is 477 g/mol. The maximum absolute atomic E-state index is 13.0. The Balaban J connectivity index is 0.00000338. The van der Waals surface area contributed by atoms with Gasteiger partial charge >= 0.3 is 0 Å². The number of benzene rings is 1. The molecule has 2 aromatic rings. The average Bonchev–Trinajstić information content (AvgIpc) is 3.13. The largest absolute Gasteiger partial charge is 0.492 e. The lowest BCUT2D eigenvalue weighted by atomic mass is 10.3. The molecule has 0 aliphatic rings. The van der Waals surface area contributed by atoms with Crippen molar-refractivity contribution in [1.29, 1.82) is 0 Å². The van der Waals surface area contributed by atoms with Gasteiger partial charge in [-0.3, -0.25) is 4.99 Å². The van der Waals surface area contributed by atoms with E-state index in [0.717, 1.165) is 18.7 Å². The van der Waals surface area contributed by atoms with Gasteiger partial charge in [0.1, 0.15) is 30.5 Å². The minimum Gasteiger partial charge on any atom is -0.492 e. The molecular weight excluding hydrogens is 452 g/mol. The van der Waals surface area contributed by atoms with Crippen LogP contribution in [-0.4, -0.2) is 39.3 Å². The fraction of sp³-hybridized carbons (Fsp3) is 0.389. The van der Waals surface area contributed by atoms with E-state index in [-0.39, 0.29) is 29.8 Å². The highest BCUT2D eigenvalue weighted by Gasteiger charge is 1.99. The van der Waals surface area contributed by atoms with Gasteiger partial charge in [-0.1, -0.05) is 6.07 Å². The molecule has 0 spiro atoms. The van der Waals surface area contributed by atoms with Crippen LogP contribution in [0.4, 0.5) is 4.39 Å². The molecule has 0 aliphatic carbocycles. The minimum atomic E-state index is -0.308. The summed E-state index contributed by atoms with van der Waals surface area (Å²) in [6.45, 7) is 2.83. The van der Waals surface area contributed by atoms with Crippen LogP contribution in [0.5, 0.6) is 5.75 Å². The van der Waals surface area contributed by atoms with E-state index in [2.05, 4.69) is 15.6 Å². The van der Waals surface area contributed by atoms with Gasteiger partial charge in [-0.25, -0.2) is 4.39 Å². The Bertz CT molecular complexity index is 638. The topological polar surface area (TPSA) is 68.0 Å². The van der Waals surface area contributed by atoms with Crippen LogP contribution in [0.2, 0.25) is 0 Å². The fourth-order valence-corrected chi connectivity index (χ4v) is 2.06. The molecule has 0 bridgehead atoms. The highest BCUT2D eigenvalue weighted by molar-refractivity contribution is 14.0. The van der Waals surface area contributed by atoms with Crippen LogP contribution in [0, 0.1) is 5.82 Å². The first-order valence-electron chi connectivity index (χ1n) is 8.21. The van der Waals surface area contributed by atoms with Crippen LogP contribution in [0.1, 0.15) is 12.2 Å². The third kappa shape index (κ3) is 9.04. The average molecular weight is 477 g/mol. The molecule has 26 heavy (non-hydrogen) atoms. The van der Waals surface area contributed by atoms with Crippen molar-refractivity contribution in [2.75, 3.05) is 33.4 Å². The molecule has 1 heterocycles. The number of furan rings is 1. The van der Waals surface area contributed by atoms with Crippen molar-refractivity contribution in [2.24, 2.45) is 4.99 Å². The van der Waals surface area contributed by atoms with Crippen molar-refractivity contribution in [3.05, 3.63) is 54.2 Å². The zero-order chi connectivity index (χ0) is 17.7. The van der Waals surface area contributed by atoms with Gasteiger partial charge < -0.3 is 24.5 Å². The predicted molar refractivity (Wildman–Crippen MR) is 110 cm³/mol. The number of nitrogens with zero attached hydrogens (tertiary/aromatic N) is 1. The van der Waals surface area contributed by atoms with E-state index in [1.807, 2.05) is 12.1 Å². The summed E-state index contributed by atoms with van der Waals surface area (Å²) >= 11 is 0. The number of halogens is 2. The van der Waals surface area contributed by atoms with Gasteiger partial charge in [0.15, 0.2) is 5.96 Å². The second-order valence-corrected chi connectivity index (χ2v) is 5.22. The first-order chi connectivity index (χ1) is 12.3. The number of ether oxygens (including phenoxy) is 2. The molecular formula is C18H25FIN3O3. The second kappa shape index (κ2) is 13.4. The zero-order valence-corrected chi connectivity index (χ0v) is 17.1. The minimum absolute atomic E-state index is 0. The summed E-state index contributed by atoms with van der Waals surface area (Å²) in [6, 6.07) is 9.81. The lowest BCUT2D eigenvalue weighted by molar-refractivity contribution is 0.105. The van der Waals surface area contributed by atoms with Gasteiger partial charge in [0.2, 0.25) is 0 Å². The van der Waals surface area contributed by atoms with E-state index in [1.54, 1.807) is 25.4 Å². The number of guanidine groups is 1. The molecule has 0 unspecified atom stereocenters. The van der Waals surface area contributed by atoms with E-state index >= 15 is 0 Å². The third-order valence-electron chi connectivity index (χ3n) is 3.27. The number of hydrogen-bond donors (Lipinski definition) is 2.